The van der Waals surface area contributed by atoms with E-state index < -0.39 is 18.5 Å². The molecule has 3 rings (SSSR count). The first-order chi connectivity index (χ1) is 15.8. The van der Waals surface area contributed by atoms with Crippen LogP contribution in [0.4, 0.5) is 14.5 Å². The first kappa shape index (κ1) is 24.2. The summed E-state index contributed by atoms with van der Waals surface area (Å²) in [6.45, 7) is 0.525. The van der Waals surface area contributed by atoms with Crippen molar-refractivity contribution in [3.8, 4) is 11.5 Å². The number of aliphatic imine (C=N–C) groups is 1. The van der Waals surface area contributed by atoms with Crippen molar-refractivity contribution in [3.63, 3.8) is 0 Å². The summed E-state index contributed by atoms with van der Waals surface area (Å²) in [6, 6.07) is 12.7. The monoisotopic (exact) mass is 476 g/mol. The number of hydrogen-bond acceptors (Lipinski definition) is 7. The third kappa shape index (κ3) is 6.55. The zero-order valence-electron chi connectivity index (χ0n) is 18.2. The van der Waals surface area contributed by atoms with Crippen LogP contribution in [0.2, 0.25) is 0 Å². The second-order valence-corrected chi connectivity index (χ2v) is 7.98. The summed E-state index contributed by atoms with van der Waals surface area (Å²) in [4.78, 5) is 30.9. The van der Waals surface area contributed by atoms with E-state index in [1.807, 2.05) is 0 Å². The van der Waals surface area contributed by atoms with Gasteiger partial charge in [0.05, 0.1) is 24.7 Å². The van der Waals surface area contributed by atoms with E-state index in [1.54, 1.807) is 51.3 Å². The van der Waals surface area contributed by atoms with E-state index in [2.05, 4.69) is 9.73 Å². The highest BCUT2D eigenvalue weighted by atomic mass is 32.2. The van der Waals surface area contributed by atoms with Crippen molar-refractivity contribution in [3.05, 3.63) is 59.8 Å². The number of esters is 1. The first-order valence-corrected chi connectivity index (χ1v) is 10.9. The minimum absolute atomic E-state index is 0.0407. The van der Waals surface area contributed by atoms with Gasteiger partial charge in [-0.2, -0.15) is 8.78 Å². The van der Waals surface area contributed by atoms with Gasteiger partial charge in [-0.05, 0) is 61.9 Å². The maximum Gasteiger partial charge on any atom is 0.387 e. The molecule has 0 bridgehead atoms. The molecule has 174 valence electrons. The number of carbonyl (C=O) groups is 2. The van der Waals surface area contributed by atoms with Crippen molar-refractivity contribution < 1.29 is 32.6 Å². The van der Waals surface area contributed by atoms with E-state index in [-0.39, 0.29) is 28.5 Å². The van der Waals surface area contributed by atoms with Gasteiger partial charge in [0, 0.05) is 0 Å². The topological polar surface area (TPSA) is 77.4 Å². The Morgan fingerprint density at radius 3 is 2.30 bits per heavy atom. The Balaban J connectivity index is 1.88. The van der Waals surface area contributed by atoms with Gasteiger partial charge < -0.3 is 14.2 Å². The molecule has 0 aliphatic carbocycles. The number of methoxy groups -OCH3 is 1. The van der Waals surface area contributed by atoms with Crippen molar-refractivity contribution in [1.29, 1.82) is 0 Å². The molecule has 33 heavy (non-hydrogen) atoms. The van der Waals surface area contributed by atoms with Crippen molar-refractivity contribution in [2.45, 2.75) is 26.6 Å². The molecule has 2 aromatic rings. The Morgan fingerprint density at radius 1 is 1.09 bits per heavy atom. The van der Waals surface area contributed by atoms with E-state index in [0.717, 1.165) is 17.3 Å². The molecule has 0 radical (unpaired) electrons. The van der Waals surface area contributed by atoms with Crippen LogP contribution < -0.4 is 14.4 Å². The highest BCUT2D eigenvalue weighted by Crippen LogP contribution is 2.31. The SMILES string of the molecule is COc1ccc(/C=C2\N=C(SCC(=O)OC(C)C)N(c3ccc(OC(F)F)cc3)C2=O)cc1. The molecule has 0 saturated heterocycles. The zero-order valence-corrected chi connectivity index (χ0v) is 19.0. The average molecular weight is 477 g/mol. The van der Waals surface area contributed by atoms with Gasteiger partial charge in [0.25, 0.3) is 5.91 Å². The number of nitrogens with zero attached hydrogens (tertiary/aromatic N) is 2. The molecule has 0 atom stereocenters. The number of thioether (sulfide) groups is 1. The largest absolute Gasteiger partial charge is 0.497 e. The van der Waals surface area contributed by atoms with E-state index in [1.165, 1.54) is 29.2 Å². The molecular weight excluding hydrogens is 454 g/mol. The molecule has 0 N–H and O–H groups in total. The summed E-state index contributed by atoms with van der Waals surface area (Å²) in [5.74, 6) is -0.290. The number of benzene rings is 2. The van der Waals surface area contributed by atoms with Crippen LogP contribution in [0.5, 0.6) is 11.5 Å². The lowest BCUT2D eigenvalue weighted by Crippen LogP contribution is -2.31. The van der Waals surface area contributed by atoms with Crippen LogP contribution in [0, 0.1) is 0 Å². The number of carbonyl (C=O) groups excluding carboxylic acids is 2. The lowest BCUT2D eigenvalue weighted by Gasteiger charge is -2.18. The minimum atomic E-state index is -2.96. The van der Waals surface area contributed by atoms with Gasteiger partial charge in [-0.3, -0.25) is 14.5 Å². The predicted octanol–water partition coefficient (Wildman–Crippen LogP) is 4.73. The number of amides is 1. The van der Waals surface area contributed by atoms with Gasteiger partial charge >= 0.3 is 12.6 Å². The summed E-state index contributed by atoms with van der Waals surface area (Å²) < 4.78 is 39.5. The lowest BCUT2D eigenvalue weighted by molar-refractivity contribution is -0.144. The smallest absolute Gasteiger partial charge is 0.387 e. The van der Waals surface area contributed by atoms with Gasteiger partial charge in [0.1, 0.15) is 17.2 Å². The molecule has 2 aromatic carbocycles. The molecule has 0 unspecified atom stereocenters. The van der Waals surface area contributed by atoms with Crippen molar-refractivity contribution in [2.75, 3.05) is 17.8 Å². The Morgan fingerprint density at radius 2 is 1.73 bits per heavy atom. The van der Waals surface area contributed by atoms with Crippen LogP contribution in [0.25, 0.3) is 6.08 Å². The van der Waals surface area contributed by atoms with Crippen LogP contribution in [0.15, 0.2) is 59.2 Å². The molecule has 1 aliphatic rings. The molecule has 0 spiro atoms. The fraction of sp³-hybridized carbons (Fsp3) is 0.261. The van der Waals surface area contributed by atoms with Gasteiger partial charge in [-0.1, -0.05) is 23.9 Å². The van der Waals surface area contributed by atoms with Crippen molar-refractivity contribution >= 4 is 40.6 Å². The van der Waals surface area contributed by atoms with E-state index in [0.29, 0.717) is 11.4 Å². The van der Waals surface area contributed by atoms with Crippen LogP contribution >= 0.6 is 11.8 Å². The number of ether oxygens (including phenoxy) is 3. The average Bonchev–Trinajstić information content (AvgIpc) is 3.07. The van der Waals surface area contributed by atoms with Gasteiger partial charge in [0.2, 0.25) is 0 Å². The number of anilines is 1. The van der Waals surface area contributed by atoms with Crippen LogP contribution in [-0.4, -0.2) is 42.6 Å². The third-order valence-corrected chi connectivity index (χ3v) is 5.17. The van der Waals surface area contributed by atoms with Crippen LogP contribution in [0.1, 0.15) is 19.4 Å². The van der Waals surface area contributed by atoms with Crippen LogP contribution in [-0.2, 0) is 14.3 Å². The van der Waals surface area contributed by atoms with E-state index >= 15 is 0 Å². The summed E-state index contributed by atoms with van der Waals surface area (Å²) in [6.07, 6.45) is 1.34. The van der Waals surface area contributed by atoms with Gasteiger partial charge in [-0.25, -0.2) is 4.99 Å². The Kier molecular flexibility index (Phi) is 8.05. The Hall–Kier alpha value is -3.40. The maximum atomic E-state index is 13.2. The Labute approximate surface area is 194 Å². The molecule has 0 aromatic heterocycles. The molecule has 7 nitrogen and oxygen atoms in total. The Bertz CT molecular complexity index is 1050. The summed E-state index contributed by atoms with van der Waals surface area (Å²) >= 11 is 1.04. The zero-order chi connectivity index (χ0) is 24.0. The number of alkyl halides is 2. The second kappa shape index (κ2) is 11.0. The number of amidine groups is 1. The van der Waals surface area contributed by atoms with Crippen LogP contribution in [0.3, 0.4) is 0 Å². The molecule has 10 heteroatoms. The minimum Gasteiger partial charge on any atom is -0.497 e. The fourth-order valence-electron chi connectivity index (χ4n) is 2.88. The van der Waals surface area contributed by atoms with Gasteiger partial charge in [-0.15, -0.1) is 0 Å². The standard InChI is InChI=1S/C23H22F2N2O5S/c1-14(2)31-20(28)13-33-23-26-19(12-15-4-8-17(30-3)9-5-15)21(29)27(23)16-6-10-18(11-7-16)32-22(24)25/h4-12,14,22H,13H2,1-3H3/b19-12-. The lowest BCUT2D eigenvalue weighted by atomic mass is 10.2. The molecule has 1 amide bonds. The maximum absolute atomic E-state index is 13.2. The number of rotatable bonds is 8. The summed E-state index contributed by atoms with van der Waals surface area (Å²) in [7, 11) is 1.56. The molecular formula is C23H22F2N2O5S. The quantitative estimate of drug-likeness (QED) is 0.405. The van der Waals surface area contributed by atoms with Crippen molar-refractivity contribution in [1.82, 2.24) is 0 Å². The molecule has 1 aliphatic heterocycles. The summed E-state index contributed by atoms with van der Waals surface area (Å²) in [5, 5.41) is 0.267. The number of halogens is 2. The fourth-order valence-corrected chi connectivity index (χ4v) is 3.67. The highest BCUT2D eigenvalue weighted by molar-refractivity contribution is 8.14. The highest BCUT2D eigenvalue weighted by Gasteiger charge is 2.32. The molecule has 0 fully saturated rings. The first-order valence-electron chi connectivity index (χ1n) is 9.93. The van der Waals surface area contributed by atoms with E-state index in [4.69, 9.17) is 9.47 Å². The van der Waals surface area contributed by atoms with Gasteiger partial charge in [0.15, 0.2) is 5.17 Å². The second-order valence-electron chi connectivity index (χ2n) is 7.04. The molecule has 1 heterocycles. The van der Waals surface area contributed by atoms with Crippen molar-refractivity contribution in [2.24, 2.45) is 4.99 Å². The number of hydrogen-bond donors (Lipinski definition) is 0. The third-order valence-electron chi connectivity index (χ3n) is 4.26. The normalized spacial score (nSPS) is 14.8. The van der Waals surface area contributed by atoms with E-state index in [9.17, 15) is 18.4 Å². The summed E-state index contributed by atoms with van der Waals surface area (Å²) in [5.41, 5.74) is 1.28. The molecule has 0 saturated carbocycles. The predicted molar refractivity (Wildman–Crippen MR) is 123 cm³/mol.